The predicted octanol–water partition coefficient (Wildman–Crippen LogP) is 1.87. The summed E-state index contributed by atoms with van der Waals surface area (Å²) in [6.45, 7) is 1.69. The molecule has 2 amide bonds. The third kappa shape index (κ3) is 5.16. The van der Waals surface area contributed by atoms with Gasteiger partial charge in [0.2, 0.25) is 11.8 Å². The second kappa shape index (κ2) is 8.24. The fourth-order valence-corrected chi connectivity index (χ4v) is 3.85. The van der Waals surface area contributed by atoms with E-state index in [4.69, 9.17) is 5.73 Å². The Morgan fingerprint density at radius 2 is 2.00 bits per heavy atom. The molecule has 3 N–H and O–H groups in total. The van der Waals surface area contributed by atoms with Crippen molar-refractivity contribution in [3.63, 3.8) is 0 Å². The van der Waals surface area contributed by atoms with E-state index in [-0.39, 0.29) is 17.7 Å². The van der Waals surface area contributed by atoms with Crippen LogP contribution in [0.2, 0.25) is 0 Å². The van der Waals surface area contributed by atoms with E-state index in [0.717, 1.165) is 31.2 Å². The number of carbonyl (C=O) groups is 2. The molecule has 0 bridgehead atoms. The molecule has 2 atom stereocenters. The predicted molar refractivity (Wildman–Crippen MR) is 91.3 cm³/mol. The lowest BCUT2D eigenvalue weighted by Gasteiger charge is -2.24. The van der Waals surface area contributed by atoms with Crippen LogP contribution < -0.4 is 11.1 Å². The van der Waals surface area contributed by atoms with Gasteiger partial charge in [-0.25, -0.2) is 0 Å². The van der Waals surface area contributed by atoms with Crippen LogP contribution in [0, 0.1) is 0 Å². The average molecular weight is 336 g/mol. The molecule has 1 aliphatic rings. The molecule has 0 radical (unpaired) electrons. The summed E-state index contributed by atoms with van der Waals surface area (Å²) >= 11 is 0. The Kier molecular flexibility index (Phi) is 6.33. The highest BCUT2D eigenvalue weighted by Crippen LogP contribution is 2.18. The zero-order chi connectivity index (χ0) is 16.8. The maximum atomic E-state index is 12.4. The van der Waals surface area contributed by atoms with Crippen LogP contribution in [0.3, 0.4) is 0 Å². The average Bonchev–Trinajstić information content (AvgIpc) is 2.55. The van der Waals surface area contributed by atoms with E-state index in [1.807, 2.05) is 0 Å². The molecule has 23 heavy (non-hydrogen) atoms. The van der Waals surface area contributed by atoms with E-state index in [1.165, 1.54) is 6.42 Å². The molecule has 0 saturated heterocycles. The van der Waals surface area contributed by atoms with Gasteiger partial charge in [-0.3, -0.25) is 13.8 Å². The summed E-state index contributed by atoms with van der Waals surface area (Å²) in [5.74, 6) is -0.428. The summed E-state index contributed by atoms with van der Waals surface area (Å²) in [4.78, 5) is 23.4. The fraction of sp³-hybridized carbons (Fsp3) is 0.529. The van der Waals surface area contributed by atoms with Crippen LogP contribution in [0.15, 0.2) is 24.3 Å². The Morgan fingerprint density at radius 3 is 2.65 bits per heavy atom. The third-order valence-electron chi connectivity index (χ3n) is 4.24. The number of nitrogens with two attached hydrogens (primary N) is 1. The quantitative estimate of drug-likeness (QED) is 0.831. The number of carbonyl (C=O) groups excluding carboxylic acids is 2. The highest BCUT2D eigenvalue weighted by Gasteiger charge is 2.23. The van der Waals surface area contributed by atoms with Gasteiger partial charge in [-0.05, 0) is 37.5 Å². The number of hydrogen-bond donors (Lipinski definition) is 2. The van der Waals surface area contributed by atoms with Crippen molar-refractivity contribution in [2.24, 2.45) is 5.73 Å². The van der Waals surface area contributed by atoms with Gasteiger partial charge < -0.3 is 11.1 Å². The van der Waals surface area contributed by atoms with Crippen molar-refractivity contribution in [2.75, 3.05) is 0 Å². The Labute approximate surface area is 139 Å². The molecule has 1 aliphatic carbocycles. The van der Waals surface area contributed by atoms with Gasteiger partial charge in [-0.2, -0.15) is 0 Å². The molecule has 6 heteroatoms. The monoisotopic (exact) mass is 336 g/mol. The first-order chi connectivity index (χ1) is 11.0. The van der Waals surface area contributed by atoms with Crippen molar-refractivity contribution < 1.29 is 13.8 Å². The van der Waals surface area contributed by atoms with Crippen LogP contribution in [-0.2, 0) is 21.3 Å². The van der Waals surface area contributed by atoms with Crippen molar-refractivity contribution in [3.05, 3.63) is 35.4 Å². The van der Waals surface area contributed by atoms with Gasteiger partial charge in [0.25, 0.3) is 0 Å². The van der Waals surface area contributed by atoms with E-state index in [0.29, 0.717) is 5.56 Å². The summed E-state index contributed by atoms with van der Waals surface area (Å²) in [6.07, 6.45) is 5.52. The molecule has 0 spiro atoms. The van der Waals surface area contributed by atoms with Crippen molar-refractivity contribution in [2.45, 2.75) is 56.1 Å². The molecule has 1 fully saturated rings. The molecular formula is C17H24N2O3S. The number of nitrogens with one attached hydrogen (secondary N) is 1. The summed E-state index contributed by atoms with van der Waals surface area (Å²) in [5, 5.41) is 2.43. The number of benzene rings is 1. The van der Waals surface area contributed by atoms with Crippen LogP contribution in [0.1, 0.15) is 54.9 Å². The van der Waals surface area contributed by atoms with E-state index >= 15 is 0 Å². The highest BCUT2D eigenvalue weighted by atomic mass is 32.2. The van der Waals surface area contributed by atoms with Gasteiger partial charge in [-0.1, -0.05) is 31.4 Å². The Bertz CT molecular complexity index is 597. The largest absolute Gasteiger partial charge is 0.366 e. The lowest BCUT2D eigenvalue weighted by molar-refractivity contribution is -0.121. The lowest BCUT2D eigenvalue weighted by atomic mass is 9.95. The maximum Gasteiger partial charge on any atom is 0.248 e. The Hall–Kier alpha value is -1.69. The second-order valence-electron chi connectivity index (χ2n) is 6.08. The normalized spacial score (nSPS) is 18.1. The first kappa shape index (κ1) is 17.7. The van der Waals surface area contributed by atoms with Gasteiger partial charge in [-0.15, -0.1) is 0 Å². The molecule has 126 valence electrons. The summed E-state index contributed by atoms with van der Waals surface area (Å²) in [5.41, 5.74) is 6.38. The number of amides is 2. The molecule has 2 rings (SSSR count). The van der Waals surface area contributed by atoms with Gasteiger partial charge in [0.05, 0.1) is 0 Å². The Balaban J connectivity index is 1.92. The SMILES string of the molecule is C[C@H](C(=O)NC1CCCCC1)[S@](=O)Cc1cccc(C(N)=O)c1. The molecule has 0 heterocycles. The van der Waals surface area contributed by atoms with E-state index in [9.17, 15) is 13.8 Å². The molecular weight excluding hydrogens is 312 g/mol. The molecule has 1 saturated carbocycles. The van der Waals surface area contributed by atoms with Crippen LogP contribution >= 0.6 is 0 Å². The molecule has 0 aliphatic heterocycles. The van der Waals surface area contributed by atoms with Crippen LogP contribution in [0.4, 0.5) is 0 Å². The minimum absolute atomic E-state index is 0.152. The highest BCUT2D eigenvalue weighted by molar-refractivity contribution is 7.85. The molecule has 1 aromatic carbocycles. The smallest absolute Gasteiger partial charge is 0.248 e. The summed E-state index contributed by atoms with van der Waals surface area (Å²) in [6, 6.07) is 6.96. The van der Waals surface area contributed by atoms with Crippen LogP contribution in [0.5, 0.6) is 0 Å². The molecule has 0 aromatic heterocycles. The number of hydrogen-bond acceptors (Lipinski definition) is 3. The van der Waals surface area contributed by atoms with Crippen molar-refractivity contribution >= 4 is 22.6 Å². The number of primary amides is 1. The maximum absolute atomic E-state index is 12.4. The molecule has 5 nitrogen and oxygen atoms in total. The van der Waals surface area contributed by atoms with Crippen molar-refractivity contribution in [1.82, 2.24) is 5.32 Å². The summed E-state index contributed by atoms with van der Waals surface area (Å²) < 4.78 is 12.4. The fourth-order valence-electron chi connectivity index (χ4n) is 2.79. The third-order valence-corrected chi connectivity index (χ3v) is 5.86. The van der Waals surface area contributed by atoms with Gasteiger partial charge in [0, 0.05) is 28.2 Å². The lowest BCUT2D eigenvalue weighted by Crippen LogP contribution is -2.42. The van der Waals surface area contributed by atoms with Gasteiger partial charge in [0.15, 0.2) is 0 Å². The van der Waals surface area contributed by atoms with E-state index < -0.39 is 22.0 Å². The first-order valence-corrected chi connectivity index (χ1v) is 9.42. The number of rotatable bonds is 6. The van der Waals surface area contributed by atoms with E-state index in [2.05, 4.69) is 5.32 Å². The topological polar surface area (TPSA) is 89.3 Å². The van der Waals surface area contributed by atoms with Gasteiger partial charge >= 0.3 is 0 Å². The minimum Gasteiger partial charge on any atom is -0.366 e. The zero-order valence-electron chi connectivity index (χ0n) is 13.4. The molecule has 1 aromatic rings. The van der Waals surface area contributed by atoms with Crippen molar-refractivity contribution in [1.29, 1.82) is 0 Å². The van der Waals surface area contributed by atoms with Crippen LogP contribution in [-0.4, -0.2) is 27.3 Å². The first-order valence-electron chi connectivity index (χ1n) is 8.03. The Morgan fingerprint density at radius 1 is 1.30 bits per heavy atom. The minimum atomic E-state index is -1.34. The zero-order valence-corrected chi connectivity index (χ0v) is 14.2. The molecule has 0 unspecified atom stereocenters. The van der Waals surface area contributed by atoms with Gasteiger partial charge in [0.1, 0.15) is 5.25 Å². The van der Waals surface area contributed by atoms with Crippen molar-refractivity contribution in [3.8, 4) is 0 Å². The van der Waals surface area contributed by atoms with E-state index in [1.54, 1.807) is 31.2 Å². The second-order valence-corrected chi connectivity index (χ2v) is 7.83. The standard InChI is InChI=1S/C17H24N2O3S/c1-12(17(21)19-15-8-3-2-4-9-15)23(22)11-13-6-5-7-14(10-13)16(18)20/h5-7,10,12,15H,2-4,8-9,11H2,1H3,(H2,18,20)(H,19,21)/t12-,23-/m1/s1. The summed E-state index contributed by atoms with van der Waals surface area (Å²) in [7, 11) is -1.34. The van der Waals surface area contributed by atoms with Crippen LogP contribution in [0.25, 0.3) is 0 Å².